The van der Waals surface area contributed by atoms with Crippen molar-refractivity contribution in [1.29, 1.82) is 0 Å². The Bertz CT molecular complexity index is 658. The van der Waals surface area contributed by atoms with Crippen molar-refractivity contribution in [2.24, 2.45) is 5.92 Å². The van der Waals surface area contributed by atoms with Crippen LogP contribution in [0.3, 0.4) is 0 Å². The van der Waals surface area contributed by atoms with E-state index in [0.717, 1.165) is 5.56 Å². The molecule has 1 N–H and O–H groups in total. The zero-order valence-corrected chi connectivity index (χ0v) is 15.3. The van der Waals surface area contributed by atoms with E-state index in [0.29, 0.717) is 56.9 Å². The number of hydrogen-bond donors (Lipinski definition) is 1. The molecule has 2 amide bonds. The highest BCUT2D eigenvalue weighted by atomic mass is 35.5. The second-order valence-electron chi connectivity index (χ2n) is 7.32. The molecule has 5 nitrogen and oxygen atoms in total. The Morgan fingerprint density at radius 2 is 1.96 bits per heavy atom. The third-order valence-electron chi connectivity index (χ3n) is 5.36. The molecule has 0 radical (unpaired) electrons. The number of β-amino-alcohol motifs (C(OH)–C–C–N with tert-alkyl or cyclic N) is 1. The maximum absolute atomic E-state index is 12.8. The second-order valence-corrected chi connectivity index (χ2v) is 7.76. The number of hydrogen-bond acceptors (Lipinski definition) is 3. The molecule has 2 aliphatic heterocycles. The van der Waals surface area contributed by atoms with E-state index in [4.69, 9.17) is 11.6 Å². The topological polar surface area (TPSA) is 60.9 Å². The van der Waals surface area contributed by atoms with E-state index in [-0.39, 0.29) is 17.7 Å². The van der Waals surface area contributed by atoms with Gasteiger partial charge in [-0.15, -0.1) is 0 Å². The molecule has 6 heteroatoms. The van der Waals surface area contributed by atoms with Crippen LogP contribution in [-0.4, -0.2) is 58.5 Å². The van der Waals surface area contributed by atoms with Gasteiger partial charge in [0.05, 0.1) is 5.60 Å². The fourth-order valence-corrected chi connectivity index (χ4v) is 4.13. The normalized spacial score (nSPS) is 24.6. The number of aliphatic hydroxyl groups is 1. The summed E-state index contributed by atoms with van der Waals surface area (Å²) in [7, 11) is 0. The minimum absolute atomic E-state index is 0.0379. The highest BCUT2D eigenvalue weighted by Gasteiger charge is 2.40. The van der Waals surface area contributed by atoms with Gasteiger partial charge in [0, 0.05) is 50.5 Å². The van der Waals surface area contributed by atoms with Crippen molar-refractivity contribution in [3.05, 3.63) is 34.9 Å². The van der Waals surface area contributed by atoms with Gasteiger partial charge >= 0.3 is 0 Å². The van der Waals surface area contributed by atoms with E-state index in [1.807, 2.05) is 24.3 Å². The van der Waals surface area contributed by atoms with Gasteiger partial charge in [0.1, 0.15) is 0 Å². The molecular weight excluding hydrogens is 340 g/mol. The van der Waals surface area contributed by atoms with Crippen LogP contribution in [-0.2, 0) is 16.0 Å². The number of carbonyl (C=O) groups excluding carboxylic acids is 2. The van der Waals surface area contributed by atoms with E-state index < -0.39 is 5.60 Å². The Kier molecular flexibility index (Phi) is 5.35. The summed E-state index contributed by atoms with van der Waals surface area (Å²) in [5.74, 6) is 0.150. The number of likely N-dealkylation sites (tertiary alicyclic amines) is 2. The lowest BCUT2D eigenvalue weighted by atomic mass is 9.93. The Morgan fingerprint density at radius 3 is 2.60 bits per heavy atom. The van der Waals surface area contributed by atoms with Crippen LogP contribution in [0.25, 0.3) is 0 Å². The van der Waals surface area contributed by atoms with Gasteiger partial charge in [-0.05, 0) is 37.0 Å². The van der Waals surface area contributed by atoms with E-state index >= 15 is 0 Å². The molecule has 2 fully saturated rings. The maximum Gasteiger partial charge on any atom is 0.225 e. The molecule has 1 aromatic carbocycles. The van der Waals surface area contributed by atoms with Crippen LogP contribution in [0, 0.1) is 5.92 Å². The predicted octanol–water partition coefficient (Wildman–Crippen LogP) is 2.10. The monoisotopic (exact) mass is 364 g/mol. The van der Waals surface area contributed by atoms with Gasteiger partial charge in [0.2, 0.25) is 11.8 Å². The summed E-state index contributed by atoms with van der Waals surface area (Å²) < 4.78 is 0. The van der Waals surface area contributed by atoms with Crippen molar-refractivity contribution < 1.29 is 14.7 Å². The van der Waals surface area contributed by atoms with Crippen LogP contribution in [0.5, 0.6) is 0 Å². The van der Waals surface area contributed by atoms with Crippen molar-refractivity contribution in [3.63, 3.8) is 0 Å². The number of nitrogens with zero attached hydrogens (tertiary/aromatic N) is 2. The van der Waals surface area contributed by atoms with Crippen molar-refractivity contribution >= 4 is 23.4 Å². The van der Waals surface area contributed by atoms with E-state index in [1.165, 1.54) is 0 Å². The summed E-state index contributed by atoms with van der Waals surface area (Å²) in [5, 5.41) is 11.5. The van der Waals surface area contributed by atoms with Crippen LogP contribution in [0.15, 0.2) is 24.3 Å². The zero-order valence-electron chi connectivity index (χ0n) is 14.6. The average molecular weight is 365 g/mol. The van der Waals surface area contributed by atoms with Crippen LogP contribution in [0.1, 0.15) is 31.7 Å². The average Bonchev–Trinajstić information content (AvgIpc) is 2.96. The number of piperidine rings is 1. The third-order valence-corrected chi connectivity index (χ3v) is 5.59. The second kappa shape index (κ2) is 7.34. The first kappa shape index (κ1) is 18.2. The summed E-state index contributed by atoms with van der Waals surface area (Å²) in [4.78, 5) is 27.7. The molecular formula is C19H25ClN2O3. The quantitative estimate of drug-likeness (QED) is 0.893. The van der Waals surface area contributed by atoms with Gasteiger partial charge < -0.3 is 14.9 Å². The Hall–Kier alpha value is -1.59. The van der Waals surface area contributed by atoms with Gasteiger partial charge in [-0.2, -0.15) is 0 Å². The Morgan fingerprint density at radius 1 is 1.24 bits per heavy atom. The smallest absolute Gasteiger partial charge is 0.225 e. The van der Waals surface area contributed by atoms with Gasteiger partial charge in [0.25, 0.3) is 0 Å². The molecule has 0 saturated carbocycles. The van der Waals surface area contributed by atoms with Gasteiger partial charge in [-0.3, -0.25) is 9.59 Å². The molecule has 25 heavy (non-hydrogen) atoms. The molecule has 2 saturated heterocycles. The maximum atomic E-state index is 12.8. The summed E-state index contributed by atoms with van der Waals surface area (Å²) >= 11 is 6.02. The first-order chi connectivity index (χ1) is 11.9. The largest absolute Gasteiger partial charge is 0.388 e. The molecule has 0 aliphatic carbocycles. The summed E-state index contributed by atoms with van der Waals surface area (Å²) in [5.41, 5.74) is 0.0968. The predicted molar refractivity (Wildman–Crippen MR) is 96.3 cm³/mol. The molecule has 2 aliphatic rings. The molecule has 1 aromatic rings. The minimum Gasteiger partial charge on any atom is -0.388 e. The van der Waals surface area contributed by atoms with Gasteiger partial charge in [-0.1, -0.05) is 23.7 Å². The molecule has 0 aromatic heterocycles. The van der Waals surface area contributed by atoms with E-state index in [2.05, 4.69) is 0 Å². The first-order valence-corrected chi connectivity index (χ1v) is 9.25. The van der Waals surface area contributed by atoms with Crippen molar-refractivity contribution in [3.8, 4) is 0 Å². The molecule has 0 bridgehead atoms. The summed E-state index contributed by atoms with van der Waals surface area (Å²) in [6.07, 6.45) is 2.50. The SMILES string of the molecule is CC(=O)N1CCC(C(=O)N2CCC(O)(Cc3cccc(Cl)c3)C2)CC1. The van der Waals surface area contributed by atoms with Crippen molar-refractivity contribution in [2.75, 3.05) is 26.2 Å². The highest BCUT2D eigenvalue weighted by molar-refractivity contribution is 6.30. The minimum atomic E-state index is -0.888. The lowest BCUT2D eigenvalue weighted by Gasteiger charge is -2.33. The molecule has 136 valence electrons. The Balaban J connectivity index is 1.57. The number of rotatable bonds is 3. The van der Waals surface area contributed by atoms with Crippen LogP contribution >= 0.6 is 11.6 Å². The summed E-state index contributed by atoms with van der Waals surface area (Å²) in [6.45, 7) is 3.81. The van der Waals surface area contributed by atoms with E-state index in [9.17, 15) is 14.7 Å². The van der Waals surface area contributed by atoms with E-state index in [1.54, 1.807) is 16.7 Å². The van der Waals surface area contributed by atoms with Crippen LogP contribution in [0.4, 0.5) is 0 Å². The van der Waals surface area contributed by atoms with Crippen molar-refractivity contribution in [1.82, 2.24) is 9.80 Å². The number of amides is 2. The third kappa shape index (κ3) is 4.33. The van der Waals surface area contributed by atoms with Crippen LogP contribution in [0.2, 0.25) is 5.02 Å². The standard InChI is InChI=1S/C19H25ClN2O3/c1-14(23)21-8-5-16(6-9-21)18(24)22-10-7-19(25,13-22)12-15-3-2-4-17(20)11-15/h2-4,11,16,25H,5-10,12-13H2,1H3. The number of halogens is 1. The molecule has 1 atom stereocenters. The number of benzene rings is 1. The van der Waals surface area contributed by atoms with Crippen LogP contribution < -0.4 is 0 Å². The number of carbonyl (C=O) groups is 2. The fraction of sp³-hybridized carbons (Fsp3) is 0.579. The Labute approximate surface area is 153 Å². The molecule has 1 unspecified atom stereocenters. The molecule has 3 rings (SSSR count). The van der Waals surface area contributed by atoms with Gasteiger partial charge in [-0.25, -0.2) is 0 Å². The highest BCUT2D eigenvalue weighted by Crippen LogP contribution is 2.29. The lowest BCUT2D eigenvalue weighted by molar-refractivity contribution is -0.140. The van der Waals surface area contributed by atoms with Crippen molar-refractivity contribution in [2.45, 2.75) is 38.2 Å². The lowest BCUT2D eigenvalue weighted by Crippen LogP contribution is -2.44. The van der Waals surface area contributed by atoms with Gasteiger partial charge in [0.15, 0.2) is 0 Å². The fourth-order valence-electron chi connectivity index (χ4n) is 3.92. The molecule has 0 spiro atoms. The first-order valence-electron chi connectivity index (χ1n) is 8.87. The zero-order chi connectivity index (χ0) is 18.0. The molecule has 2 heterocycles. The summed E-state index contributed by atoms with van der Waals surface area (Å²) in [6, 6.07) is 7.50.